The molecule has 2 N–H and O–H groups in total. The molecule has 1 aliphatic rings. The summed E-state index contributed by atoms with van der Waals surface area (Å²) in [6.45, 7) is 2.23. The molecule has 0 aromatic carbocycles. The molecule has 2 atom stereocenters. The Morgan fingerprint density at radius 1 is 1.06 bits per heavy atom. The standard InChI is InChI=1S/C14H28O2/c1-2-3-4-5-6-7-8-11-14(16)12-9-10-13(14)15/h13,15-16H,2-12H2,1H3. The van der Waals surface area contributed by atoms with Crippen molar-refractivity contribution < 1.29 is 10.2 Å². The SMILES string of the molecule is CCCCCCCCCC1(O)CCCC1O. The highest BCUT2D eigenvalue weighted by molar-refractivity contribution is 4.91. The Labute approximate surface area is 100 Å². The van der Waals surface area contributed by atoms with Crippen LogP contribution in [0.4, 0.5) is 0 Å². The summed E-state index contributed by atoms with van der Waals surface area (Å²) in [5.74, 6) is 0. The van der Waals surface area contributed by atoms with Gasteiger partial charge in [-0.15, -0.1) is 0 Å². The van der Waals surface area contributed by atoms with Crippen molar-refractivity contribution in [1.29, 1.82) is 0 Å². The first-order valence-corrected chi connectivity index (χ1v) is 7.09. The van der Waals surface area contributed by atoms with E-state index in [9.17, 15) is 10.2 Å². The summed E-state index contributed by atoms with van der Waals surface area (Å²) in [5, 5.41) is 19.8. The van der Waals surface area contributed by atoms with Crippen molar-refractivity contribution in [2.24, 2.45) is 0 Å². The molecule has 1 aliphatic carbocycles. The fourth-order valence-corrected chi connectivity index (χ4v) is 2.72. The minimum absolute atomic E-state index is 0.465. The van der Waals surface area contributed by atoms with Crippen molar-refractivity contribution in [2.75, 3.05) is 0 Å². The van der Waals surface area contributed by atoms with Gasteiger partial charge in [0.1, 0.15) is 0 Å². The third-order valence-corrected chi connectivity index (χ3v) is 3.92. The third-order valence-electron chi connectivity index (χ3n) is 3.92. The lowest BCUT2D eigenvalue weighted by Crippen LogP contribution is -2.37. The molecular weight excluding hydrogens is 200 g/mol. The molecule has 16 heavy (non-hydrogen) atoms. The molecule has 1 rings (SSSR count). The van der Waals surface area contributed by atoms with Gasteiger partial charge in [0.2, 0.25) is 0 Å². The number of aliphatic hydroxyl groups is 2. The Balaban J connectivity index is 1.98. The molecule has 0 aliphatic heterocycles. The van der Waals surface area contributed by atoms with E-state index in [2.05, 4.69) is 6.92 Å². The molecule has 2 unspecified atom stereocenters. The van der Waals surface area contributed by atoms with E-state index in [1.54, 1.807) is 0 Å². The predicted molar refractivity (Wildman–Crippen MR) is 67.4 cm³/mol. The highest BCUT2D eigenvalue weighted by atomic mass is 16.3. The smallest absolute Gasteiger partial charge is 0.0905 e. The van der Waals surface area contributed by atoms with Gasteiger partial charge < -0.3 is 10.2 Å². The second-order valence-corrected chi connectivity index (χ2v) is 5.38. The molecule has 96 valence electrons. The van der Waals surface area contributed by atoms with Gasteiger partial charge in [-0.2, -0.15) is 0 Å². The normalized spacial score (nSPS) is 29.8. The summed E-state index contributed by atoms with van der Waals surface area (Å²) in [7, 11) is 0. The molecule has 2 nitrogen and oxygen atoms in total. The van der Waals surface area contributed by atoms with Crippen LogP contribution < -0.4 is 0 Å². The maximum absolute atomic E-state index is 10.2. The van der Waals surface area contributed by atoms with Crippen molar-refractivity contribution in [1.82, 2.24) is 0 Å². The molecule has 0 amide bonds. The molecule has 2 heteroatoms. The first-order chi connectivity index (χ1) is 7.69. The minimum Gasteiger partial charge on any atom is -0.390 e. The fraction of sp³-hybridized carbons (Fsp3) is 1.00. The summed E-state index contributed by atoms with van der Waals surface area (Å²) in [6.07, 6.45) is 11.8. The van der Waals surface area contributed by atoms with E-state index in [4.69, 9.17) is 0 Å². The van der Waals surface area contributed by atoms with Crippen LogP contribution in [-0.4, -0.2) is 21.9 Å². The molecule has 0 aromatic heterocycles. The van der Waals surface area contributed by atoms with E-state index in [0.29, 0.717) is 0 Å². The van der Waals surface area contributed by atoms with E-state index >= 15 is 0 Å². The fourth-order valence-electron chi connectivity index (χ4n) is 2.72. The predicted octanol–water partition coefficient (Wildman–Crippen LogP) is 3.40. The number of unbranched alkanes of at least 4 members (excludes halogenated alkanes) is 6. The summed E-state index contributed by atoms with van der Waals surface area (Å²) >= 11 is 0. The maximum atomic E-state index is 10.2. The third kappa shape index (κ3) is 4.42. The largest absolute Gasteiger partial charge is 0.390 e. The second kappa shape index (κ2) is 7.29. The van der Waals surface area contributed by atoms with Crippen LogP contribution in [0.2, 0.25) is 0 Å². The zero-order valence-corrected chi connectivity index (χ0v) is 10.7. The van der Waals surface area contributed by atoms with E-state index in [0.717, 1.165) is 32.1 Å². The number of hydrogen-bond acceptors (Lipinski definition) is 2. The lowest BCUT2D eigenvalue weighted by molar-refractivity contribution is -0.0598. The summed E-state index contributed by atoms with van der Waals surface area (Å²) < 4.78 is 0. The van der Waals surface area contributed by atoms with Crippen LogP contribution in [-0.2, 0) is 0 Å². The lowest BCUT2D eigenvalue weighted by atomic mass is 9.92. The monoisotopic (exact) mass is 228 g/mol. The van der Waals surface area contributed by atoms with Crippen molar-refractivity contribution in [3.8, 4) is 0 Å². The van der Waals surface area contributed by atoms with Crippen LogP contribution in [0, 0.1) is 0 Å². The first kappa shape index (κ1) is 14.0. The average Bonchev–Trinajstić information content (AvgIpc) is 2.59. The van der Waals surface area contributed by atoms with E-state index in [1.165, 1.54) is 38.5 Å². The molecule has 0 aromatic rings. The van der Waals surface area contributed by atoms with Crippen LogP contribution in [0.15, 0.2) is 0 Å². The molecular formula is C14H28O2. The molecule has 1 saturated carbocycles. The van der Waals surface area contributed by atoms with E-state index < -0.39 is 11.7 Å². The molecule has 0 radical (unpaired) electrons. The summed E-state index contributed by atoms with van der Waals surface area (Å²) in [6, 6.07) is 0. The number of aliphatic hydroxyl groups excluding tert-OH is 1. The van der Waals surface area contributed by atoms with Crippen molar-refractivity contribution in [2.45, 2.75) is 89.3 Å². The zero-order valence-electron chi connectivity index (χ0n) is 10.7. The van der Waals surface area contributed by atoms with Crippen LogP contribution >= 0.6 is 0 Å². The van der Waals surface area contributed by atoms with Gasteiger partial charge in [0.25, 0.3) is 0 Å². The minimum atomic E-state index is -0.747. The van der Waals surface area contributed by atoms with Crippen molar-refractivity contribution in [3.63, 3.8) is 0 Å². The Bertz CT molecular complexity index is 182. The van der Waals surface area contributed by atoms with Gasteiger partial charge in [0, 0.05) is 0 Å². The molecule has 0 saturated heterocycles. The van der Waals surface area contributed by atoms with Gasteiger partial charge in [-0.1, -0.05) is 51.9 Å². The molecule has 0 heterocycles. The van der Waals surface area contributed by atoms with Gasteiger partial charge in [0.05, 0.1) is 11.7 Å². The Morgan fingerprint density at radius 3 is 2.25 bits per heavy atom. The Morgan fingerprint density at radius 2 is 1.69 bits per heavy atom. The summed E-state index contributed by atoms with van der Waals surface area (Å²) in [4.78, 5) is 0. The lowest BCUT2D eigenvalue weighted by Gasteiger charge is -2.26. The average molecular weight is 228 g/mol. The van der Waals surface area contributed by atoms with Crippen LogP contribution in [0.1, 0.15) is 77.6 Å². The van der Waals surface area contributed by atoms with Gasteiger partial charge in [-0.3, -0.25) is 0 Å². The maximum Gasteiger partial charge on any atom is 0.0905 e. The van der Waals surface area contributed by atoms with Gasteiger partial charge >= 0.3 is 0 Å². The number of hydrogen-bond donors (Lipinski definition) is 2. The topological polar surface area (TPSA) is 40.5 Å². The van der Waals surface area contributed by atoms with Crippen LogP contribution in [0.25, 0.3) is 0 Å². The molecule has 0 spiro atoms. The quantitative estimate of drug-likeness (QED) is 0.625. The van der Waals surface area contributed by atoms with Crippen LogP contribution in [0.5, 0.6) is 0 Å². The van der Waals surface area contributed by atoms with E-state index in [1.807, 2.05) is 0 Å². The van der Waals surface area contributed by atoms with Crippen molar-refractivity contribution in [3.05, 3.63) is 0 Å². The zero-order chi connectivity index (χ0) is 11.9. The van der Waals surface area contributed by atoms with E-state index in [-0.39, 0.29) is 0 Å². The summed E-state index contributed by atoms with van der Waals surface area (Å²) in [5.41, 5.74) is -0.747. The Kier molecular flexibility index (Phi) is 6.37. The molecule has 0 bridgehead atoms. The van der Waals surface area contributed by atoms with Gasteiger partial charge in [-0.25, -0.2) is 0 Å². The van der Waals surface area contributed by atoms with Gasteiger partial charge in [0.15, 0.2) is 0 Å². The van der Waals surface area contributed by atoms with Gasteiger partial charge in [-0.05, 0) is 25.7 Å². The highest BCUT2D eigenvalue weighted by Gasteiger charge is 2.39. The van der Waals surface area contributed by atoms with Crippen LogP contribution in [0.3, 0.4) is 0 Å². The Hall–Kier alpha value is -0.0800. The number of rotatable bonds is 8. The molecule has 1 fully saturated rings. The highest BCUT2D eigenvalue weighted by Crippen LogP contribution is 2.34. The first-order valence-electron chi connectivity index (χ1n) is 7.09. The second-order valence-electron chi connectivity index (χ2n) is 5.38. The van der Waals surface area contributed by atoms with Crippen molar-refractivity contribution >= 4 is 0 Å².